The van der Waals surface area contributed by atoms with E-state index in [9.17, 15) is 5.11 Å². The summed E-state index contributed by atoms with van der Waals surface area (Å²) in [5.74, 6) is 0.302. The molecule has 3 heteroatoms. The van der Waals surface area contributed by atoms with Gasteiger partial charge in [0.05, 0.1) is 12.1 Å². The summed E-state index contributed by atoms with van der Waals surface area (Å²) in [5, 5.41) is 10.7. The lowest BCUT2D eigenvalue weighted by Gasteiger charge is -2.08. The predicted octanol–water partition coefficient (Wildman–Crippen LogP) is 3.07. The topological polar surface area (TPSA) is 34.4 Å². The number of methoxy groups -OCH3 is 1. The molecule has 0 spiro atoms. The first-order valence-corrected chi connectivity index (χ1v) is 5.45. The Hall–Kier alpha value is -1.48. The van der Waals surface area contributed by atoms with Crippen molar-refractivity contribution in [3.8, 4) is 5.75 Å². The largest absolute Gasteiger partial charge is 0.508 e. The van der Waals surface area contributed by atoms with Crippen molar-refractivity contribution in [2.24, 2.45) is 0 Å². The molecule has 0 saturated heterocycles. The number of fused-ring (bicyclic) bond motifs is 1. The molecular weight excluding hydrogens is 202 g/mol. The summed E-state index contributed by atoms with van der Waals surface area (Å²) in [6.45, 7) is 4.85. The fourth-order valence-corrected chi connectivity index (χ4v) is 2.01. The molecule has 86 valence electrons. The Morgan fingerprint density at radius 2 is 2.12 bits per heavy atom. The maximum absolute atomic E-state index is 9.53. The lowest BCUT2D eigenvalue weighted by molar-refractivity contribution is 0.185. The molecule has 2 rings (SSSR count). The van der Waals surface area contributed by atoms with Crippen LogP contribution in [0.4, 0.5) is 0 Å². The fourth-order valence-electron chi connectivity index (χ4n) is 2.01. The number of phenols is 1. The Labute approximate surface area is 95.3 Å². The molecule has 0 bridgehead atoms. The molecule has 1 aromatic carbocycles. The summed E-state index contributed by atoms with van der Waals surface area (Å²) in [6, 6.07) is 5.83. The SMILES string of the molecule is COCc1cn(C(C)C)c2cc(O)ccc12. The van der Waals surface area contributed by atoms with Gasteiger partial charge in [-0.15, -0.1) is 0 Å². The quantitative estimate of drug-likeness (QED) is 0.860. The minimum Gasteiger partial charge on any atom is -0.508 e. The predicted molar refractivity (Wildman–Crippen MR) is 64.7 cm³/mol. The molecule has 1 aromatic heterocycles. The molecule has 0 aliphatic heterocycles. The fraction of sp³-hybridized carbons (Fsp3) is 0.385. The molecule has 0 radical (unpaired) electrons. The zero-order valence-corrected chi connectivity index (χ0v) is 9.90. The Morgan fingerprint density at radius 1 is 1.38 bits per heavy atom. The van der Waals surface area contributed by atoms with Crippen LogP contribution in [-0.4, -0.2) is 16.8 Å². The van der Waals surface area contributed by atoms with Crippen LogP contribution in [0.5, 0.6) is 5.75 Å². The lowest BCUT2D eigenvalue weighted by Crippen LogP contribution is -1.97. The van der Waals surface area contributed by atoms with E-state index in [1.165, 1.54) is 0 Å². The van der Waals surface area contributed by atoms with Crippen molar-refractivity contribution in [1.82, 2.24) is 4.57 Å². The third-order valence-corrected chi connectivity index (χ3v) is 2.76. The highest BCUT2D eigenvalue weighted by molar-refractivity contribution is 5.85. The molecule has 3 nitrogen and oxygen atoms in total. The van der Waals surface area contributed by atoms with Crippen LogP contribution in [-0.2, 0) is 11.3 Å². The smallest absolute Gasteiger partial charge is 0.117 e. The highest BCUT2D eigenvalue weighted by Crippen LogP contribution is 2.28. The van der Waals surface area contributed by atoms with E-state index in [-0.39, 0.29) is 0 Å². The number of aromatic nitrogens is 1. The summed E-state index contributed by atoms with van der Waals surface area (Å²) >= 11 is 0. The first-order chi connectivity index (χ1) is 7.63. The van der Waals surface area contributed by atoms with E-state index in [0.717, 1.165) is 16.5 Å². The number of nitrogens with zero attached hydrogens (tertiary/aromatic N) is 1. The molecule has 0 atom stereocenters. The number of hydrogen-bond acceptors (Lipinski definition) is 2. The van der Waals surface area contributed by atoms with Crippen molar-refractivity contribution in [3.05, 3.63) is 30.0 Å². The van der Waals surface area contributed by atoms with Gasteiger partial charge >= 0.3 is 0 Å². The summed E-state index contributed by atoms with van der Waals surface area (Å²) in [4.78, 5) is 0. The maximum atomic E-state index is 9.53. The van der Waals surface area contributed by atoms with Crippen LogP contribution in [0.3, 0.4) is 0 Å². The van der Waals surface area contributed by atoms with E-state index in [1.54, 1.807) is 19.2 Å². The number of ether oxygens (including phenoxy) is 1. The molecule has 0 amide bonds. The standard InChI is InChI=1S/C13H17NO2/c1-9(2)14-7-10(8-16-3)12-5-4-11(15)6-13(12)14/h4-7,9,15H,8H2,1-3H3. The molecular formula is C13H17NO2. The van der Waals surface area contributed by atoms with Gasteiger partial charge in [-0.2, -0.15) is 0 Å². The van der Waals surface area contributed by atoms with E-state index < -0.39 is 0 Å². The molecule has 0 saturated carbocycles. The number of rotatable bonds is 3. The van der Waals surface area contributed by atoms with Crippen molar-refractivity contribution < 1.29 is 9.84 Å². The van der Waals surface area contributed by atoms with E-state index in [4.69, 9.17) is 4.74 Å². The van der Waals surface area contributed by atoms with Gasteiger partial charge in [0.25, 0.3) is 0 Å². The molecule has 0 fully saturated rings. The maximum Gasteiger partial charge on any atom is 0.117 e. The van der Waals surface area contributed by atoms with Crippen LogP contribution < -0.4 is 0 Å². The van der Waals surface area contributed by atoms with Gasteiger partial charge in [-0.25, -0.2) is 0 Å². The third kappa shape index (κ3) is 1.78. The molecule has 16 heavy (non-hydrogen) atoms. The summed E-state index contributed by atoms with van der Waals surface area (Å²) in [7, 11) is 1.69. The van der Waals surface area contributed by atoms with Gasteiger partial charge in [0, 0.05) is 36.4 Å². The molecule has 2 aromatic rings. The van der Waals surface area contributed by atoms with Crippen LogP contribution >= 0.6 is 0 Å². The second-order valence-electron chi connectivity index (χ2n) is 4.29. The van der Waals surface area contributed by atoms with E-state index in [0.29, 0.717) is 18.4 Å². The van der Waals surface area contributed by atoms with Gasteiger partial charge in [0.2, 0.25) is 0 Å². The van der Waals surface area contributed by atoms with Crippen molar-refractivity contribution >= 4 is 10.9 Å². The van der Waals surface area contributed by atoms with Crippen LogP contribution in [0.2, 0.25) is 0 Å². The lowest BCUT2D eigenvalue weighted by atomic mass is 10.2. The summed E-state index contributed by atoms with van der Waals surface area (Å²) < 4.78 is 7.34. The first kappa shape index (κ1) is 11.0. The van der Waals surface area contributed by atoms with Gasteiger partial charge in [-0.05, 0) is 26.0 Å². The monoisotopic (exact) mass is 219 g/mol. The summed E-state index contributed by atoms with van der Waals surface area (Å²) in [5.41, 5.74) is 2.22. The number of hydrogen-bond donors (Lipinski definition) is 1. The van der Waals surface area contributed by atoms with Gasteiger partial charge in [-0.3, -0.25) is 0 Å². The molecule has 0 aliphatic carbocycles. The summed E-state index contributed by atoms with van der Waals surface area (Å²) in [6.07, 6.45) is 2.10. The minimum atomic E-state index is 0.302. The second kappa shape index (κ2) is 4.18. The van der Waals surface area contributed by atoms with Crippen LogP contribution in [0.25, 0.3) is 10.9 Å². The highest BCUT2D eigenvalue weighted by atomic mass is 16.5. The zero-order chi connectivity index (χ0) is 11.7. The van der Waals surface area contributed by atoms with E-state index in [2.05, 4.69) is 24.6 Å². The van der Waals surface area contributed by atoms with Crippen LogP contribution in [0, 0.1) is 0 Å². The van der Waals surface area contributed by atoms with Gasteiger partial charge in [0.1, 0.15) is 5.75 Å². The van der Waals surface area contributed by atoms with Crippen molar-refractivity contribution in [2.75, 3.05) is 7.11 Å². The number of phenolic OH excluding ortho intramolecular Hbond substituents is 1. The first-order valence-electron chi connectivity index (χ1n) is 5.45. The second-order valence-corrected chi connectivity index (χ2v) is 4.29. The number of benzene rings is 1. The Bertz CT molecular complexity index is 500. The van der Waals surface area contributed by atoms with Gasteiger partial charge in [-0.1, -0.05) is 0 Å². The van der Waals surface area contributed by atoms with Gasteiger partial charge in [0.15, 0.2) is 0 Å². The molecule has 1 heterocycles. The average molecular weight is 219 g/mol. The average Bonchev–Trinajstić information content (AvgIpc) is 2.57. The van der Waals surface area contributed by atoms with Crippen molar-refractivity contribution in [1.29, 1.82) is 0 Å². The highest BCUT2D eigenvalue weighted by Gasteiger charge is 2.10. The van der Waals surface area contributed by atoms with Crippen LogP contribution in [0.15, 0.2) is 24.4 Å². The minimum absolute atomic E-state index is 0.302. The zero-order valence-electron chi connectivity index (χ0n) is 9.90. The number of aromatic hydroxyl groups is 1. The normalized spacial score (nSPS) is 11.5. The Morgan fingerprint density at radius 3 is 2.75 bits per heavy atom. The Balaban J connectivity index is 2.66. The van der Waals surface area contributed by atoms with Crippen molar-refractivity contribution in [3.63, 3.8) is 0 Å². The van der Waals surface area contributed by atoms with E-state index in [1.807, 2.05) is 6.07 Å². The molecule has 0 unspecified atom stereocenters. The van der Waals surface area contributed by atoms with Gasteiger partial charge < -0.3 is 14.4 Å². The van der Waals surface area contributed by atoms with Crippen molar-refractivity contribution in [2.45, 2.75) is 26.5 Å². The Kier molecular flexibility index (Phi) is 2.88. The van der Waals surface area contributed by atoms with E-state index >= 15 is 0 Å². The molecule has 0 aliphatic rings. The molecule has 1 N–H and O–H groups in total. The van der Waals surface area contributed by atoms with Crippen LogP contribution in [0.1, 0.15) is 25.5 Å². The third-order valence-electron chi connectivity index (χ3n) is 2.76.